The molecule has 0 aliphatic carbocycles. The van der Waals surface area contributed by atoms with Crippen LogP contribution in [-0.4, -0.2) is 32.7 Å². The Hall–Kier alpha value is -2.05. The highest BCUT2D eigenvalue weighted by molar-refractivity contribution is 5.82. The molecular weight excluding hydrogens is 224 g/mol. The average molecular weight is 240 g/mol. The van der Waals surface area contributed by atoms with Gasteiger partial charge in [0.25, 0.3) is 0 Å². The molecule has 0 saturated heterocycles. The number of rotatable bonds is 5. The predicted octanol–water partition coefficient (Wildman–Crippen LogP) is 0.0825. The smallest absolute Gasteiger partial charge is 0.326 e. The molecule has 2 amide bonds. The molecule has 0 aliphatic heterocycles. The largest absolute Gasteiger partial charge is 0.480 e. The number of hydrogen-bond donors (Lipinski definition) is 3. The Morgan fingerprint density at radius 2 is 2.29 bits per heavy atom. The van der Waals surface area contributed by atoms with Crippen molar-refractivity contribution in [3.63, 3.8) is 0 Å². The predicted molar refractivity (Wildman–Crippen MR) is 60.3 cm³/mol. The molecule has 1 aromatic rings. The van der Waals surface area contributed by atoms with Crippen molar-refractivity contribution in [2.75, 3.05) is 0 Å². The van der Waals surface area contributed by atoms with Gasteiger partial charge in [-0.25, -0.2) is 14.6 Å². The lowest BCUT2D eigenvalue weighted by atomic mass is 10.2. The number of aromatic nitrogens is 2. The Balaban J connectivity index is 2.40. The van der Waals surface area contributed by atoms with Crippen molar-refractivity contribution in [1.82, 2.24) is 20.2 Å². The first-order valence-electron chi connectivity index (χ1n) is 5.28. The molecule has 7 nitrogen and oxygen atoms in total. The minimum absolute atomic E-state index is 0.255. The van der Waals surface area contributed by atoms with Gasteiger partial charge in [-0.15, -0.1) is 0 Å². The molecule has 0 aliphatic rings. The number of amides is 2. The number of carbonyl (C=O) groups excluding carboxylic acids is 1. The van der Waals surface area contributed by atoms with E-state index in [1.54, 1.807) is 23.9 Å². The normalized spacial score (nSPS) is 11.9. The van der Waals surface area contributed by atoms with E-state index >= 15 is 0 Å². The summed E-state index contributed by atoms with van der Waals surface area (Å²) in [4.78, 5) is 26.1. The van der Waals surface area contributed by atoms with Gasteiger partial charge in [-0.1, -0.05) is 6.92 Å². The van der Waals surface area contributed by atoms with E-state index in [0.717, 1.165) is 0 Å². The maximum Gasteiger partial charge on any atom is 0.326 e. The maximum atomic E-state index is 11.4. The molecule has 1 atom stereocenters. The number of nitrogens with zero attached hydrogens (tertiary/aromatic N) is 2. The summed E-state index contributed by atoms with van der Waals surface area (Å²) < 4.78 is 1.77. The maximum absolute atomic E-state index is 11.4. The number of carboxylic acid groups (broad SMARTS) is 1. The van der Waals surface area contributed by atoms with Gasteiger partial charge in [0.15, 0.2) is 0 Å². The molecule has 94 valence electrons. The SMILES string of the molecule is CC[C@H](NC(=O)NCc1nccn1C)C(=O)O. The zero-order valence-electron chi connectivity index (χ0n) is 9.80. The van der Waals surface area contributed by atoms with E-state index in [4.69, 9.17) is 5.11 Å². The quantitative estimate of drug-likeness (QED) is 0.679. The molecular formula is C10H16N4O3. The van der Waals surface area contributed by atoms with Crippen molar-refractivity contribution in [2.45, 2.75) is 25.9 Å². The van der Waals surface area contributed by atoms with Gasteiger partial charge in [-0.2, -0.15) is 0 Å². The lowest BCUT2D eigenvalue weighted by Crippen LogP contribution is -2.45. The van der Waals surface area contributed by atoms with Crippen LogP contribution in [0.25, 0.3) is 0 Å². The Morgan fingerprint density at radius 3 is 2.76 bits per heavy atom. The van der Waals surface area contributed by atoms with Crippen LogP contribution in [0.3, 0.4) is 0 Å². The van der Waals surface area contributed by atoms with Crippen molar-refractivity contribution in [2.24, 2.45) is 7.05 Å². The second kappa shape index (κ2) is 5.88. The van der Waals surface area contributed by atoms with Gasteiger partial charge in [0.05, 0.1) is 6.54 Å². The fraction of sp³-hybridized carbons (Fsp3) is 0.500. The second-order valence-electron chi connectivity index (χ2n) is 3.58. The fourth-order valence-electron chi connectivity index (χ4n) is 1.27. The molecule has 0 unspecified atom stereocenters. The van der Waals surface area contributed by atoms with E-state index in [-0.39, 0.29) is 6.54 Å². The van der Waals surface area contributed by atoms with Gasteiger partial charge < -0.3 is 20.3 Å². The van der Waals surface area contributed by atoms with Crippen LogP contribution in [0.4, 0.5) is 4.79 Å². The molecule has 1 rings (SSSR count). The van der Waals surface area contributed by atoms with Gasteiger partial charge in [-0.3, -0.25) is 0 Å². The van der Waals surface area contributed by atoms with E-state index in [9.17, 15) is 9.59 Å². The van der Waals surface area contributed by atoms with Gasteiger partial charge in [0.1, 0.15) is 11.9 Å². The minimum atomic E-state index is -1.04. The molecule has 3 N–H and O–H groups in total. The number of aliphatic carboxylic acids is 1. The molecule has 7 heteroatoms. The fourth-order valence-corrected chi connectivity index (χ4v) is 1.27. The van der Waals surface area contributed by atoms with Crippen LogP contribution in [0.2, 0.25) is 0 Å². The monoisotopic (exact) mass is 240 g/mol. The van der Waals surface area contributed by atoms with E-state index in [0.29, 0.717) is 12.2 Å². The number of imidazole rings is 1. The first-order chi connectivity index (χ1) is 8.04. The number of nitrogens with one attached hydrogen (secondary N) is 2. The van der Waals surface area contributed by atoms with Crippen LogP contribution in [0.5, 0.6) is 0 Å². The topological polar surface area (TPSA) is 96.3 Å². The molecule has 0 fully saturated rings. The molecule has 1 heterocycles. The van der Waals surface area contributed by atoms with E-state index in [2.05, 4.69) is 15.6 Å². The third-order valence-electron chi connectivity index (χ3n) is 2.34. The van der Waals surface area contributed by atoms with Crippen molar-refractivity contribution in [1.29, 1.82) is 0 Å². The first kappa shape index (κ1) is 13.0. The Labute approximate surface area is 98.8 Å². The van der Waals surface area contributed by atoms with Crippen LogP contribution >= 0.6 is 0 Å². The van der Waals surface area contributed by atoms with Crippen LogP contribution in [-0.2, 0) is 18.4 Å². The van der Waals surface area contributed by atoms with Gasteiger partial charge in [0.2, 0.25) is 0 Å². The van der Waals surface area contributed by atoms with E-state index in [1.807, 2.05) is 7.05 Å². The number of urea groups is 1. The van der Waals surface area contributed by atoms with Gasteiger partial charge in [-0.05, 0) is 6.42 Å². The van der Waals surface area contributed by atoms with Crippen LogP contribution in [0.1, 0.15) is 19.2 Å². The summed E-state index contributed by atoms with van der Waals surface area (Å²) in [6, 6.07) is -1.38. The Kier molecular flexibility index (Phi) is 4.50. The third kappa shape index (κ3) is 3.78. The lowest BCUT2D eigenvalue weighted by molar-refractivity contribution is -0.139. The van der Waals surface area contributed by atoms with Crippen LogP contribution < -0.4 is 10.6 Å². The Bertz CT molecular complexity index is 402. The molecule has 0 spiro atoms. The highest BCUT2D eigenvalue weighted by Crippen LogP contribution is 1.94. The van der Waals surface area contributed by atoms with Crippen molar-refractivity contribution < 1.29 is 14.7 Å². The summed E-state index contributed by atoms with van der Waals surface area (Å²) >= 11 is 0. The molecule has 0 radical (unpaired) electrons. The van der Waals surface area contributed by atoms with Gasteiger partial charge >= 0.3 is 12.0 Å². The molecule has 0 bridgehead atoms. The Morgan fingerprint density at radius 1 is 1.59 bits per heavy atom. The van der Waals surface area contributed by atoms with Crippen molar-refractivity contribution in [3.05, 3.63) is 18.2 Å². The number of carboxylic acids is 1. The number of carbonyl (C=O) groups is 2. The van der Waals surface area contributed by atoms with E-state index < -0.39 is 18.0 Å². The molecule has 17 heavy (non-hydrogen) atoms. The number of aryl methyl sites for hydroxylation is 1. The zero-order valence-corrected chi connectivity index (χ0v) is 9.80. The molecule has 0 saturated carbocycles. The third-order valence-corrected chi connectivity index (χ3v) is 2.34. The average Bonchev–Trinajstić information content (AvgIpc) is 2.68. The zero-order chi connectivity index (χ0) is 12.8. The van der Waals surface area contributed by atoms with Crippen molar-refractivity contribution in [3.8, 4) is 0 Å². The van der Waals surface area contributed by atoms with Crippen LogP contribution in [0, 0.1) is 0 Å². The summed E-state index contributed by atoms with van der Waals surface area (Å²) in [5.74, 6) is -0.344. The minimum Gasteiger partial charge on any atom is -0.480 e. The summed E-state index contributed by atoms with van der Waals surface area (Å²) in [5.41, 5.74) is 0. The molecule has 1 aromatic heterocycles. The summed E-state index contributed by atoms with van der Waals surface area (Å²) in [6.07, 6.45) is 3.73. The number of hydrogen-bond acceptors (Lipinski definition) is 3. The second-order valence-corrected chi connectivity index (χ2v) is 3.58. The highest BCUT2D eigenvalue weighted by Gasteiger charge is 2.17. The summed E-state index contributed by atoms with van der Waals surface area (Å²) in [6.45, 7) is 1.95. The molecule has 0 aromatic carbocycles. The van der Waals surface area contributed by atoms with Gasteiger partial charge in [0, 0.05) is 19.4 Å². The highest BCUT2D eigenvalue weighted by atomic mass is 16.4. The van der Waals surface area contributed by atoms with E-state index in [1.165, 1.54) is 0 Å². The standard InChI is InChI=1S/C10H16N4O3/c1-3-7(9(15)16)13-10(17)12-6-8-11-4-5-14(8)2/h4-5,7H,3,6H2,1-2H3,(H,15,16)(H2,12,13,17)/t7-/m0/s1. The summed E-state index contributed by atoms with van der Waals surface area (Å²) in [7, 11) is 1.81. The lowest BCUT2D eigenvalue weighted by Gasteiger charge is -2.12. The summed E-state index contributed by atoms with van der Waals surface area (Å²) in [5, 5.41) is 13.7. The first-order valence-corrected chi connectivity index (χ1v) is 5.28. The van der Waals surface area contributed by atoms with Crippen molar-refractivity contribution >= 4 is 12.0 Å². The van der Waals surface area contributed by atoms with Crippen LogP contribution in [0.15, 0.2) is 12.4 Å².